The average Bonchev–Trinajstić information content (AvgIpc) is 2.40. The summed E-state index contributed by atoms with van der Waals surface area (Å²) in [5.41, 5.74) is 2.60. The van der Waals surface area contributed by atoms with E-state index in [-0.39, 0.29) is 11.5 Å². The van der Waals surface area contributed by atoms with Gasteiger partial charge < -0.3 is 5.11 Å². The van der Waals surface area contributed by atoms with Crippen molar-refractivity contribution in [3.05, 3.63) is 35.4 Å². The Labute approximate surface area is 124 Å². The van der Waals surface area contributed by atoms with Gasteiger partial charge in [-0.05, 0) is 47.1 Å². The first kappa shape index (κ1) is 15.6. The number of benzene rings is 1. The fraction of sp³-hybridized carbons (Fsp3) is 0.684. The molecule has 1 nitrogen and oxygen atoms in total. The second-order valence-electron chi connectivity index (χ2n) is 7.84. The molecule has 1 aliphatic carbocycles. The maximum Gasteiger partial charge on any atom is 0.0818 e. The van der Waals surface area contributed by atoms with Crippen LogP contribution in [0.4, 0.5) is 0 Å². The van der Waals surface area contributed by atoms with Gasteiger partial charge in [0, 0.05) is 0 Å². The Kier molecular flexibility index (Phi) is 4.59. The number of hydrogen-bond donors (Lipinski definition) is 1. The topological polar surface area (TPSA) is 20.2 Å². The second-order valence-corrected chi connectivity index (χ2v) is 7.84. The first-order valence-electron chi connectivity index (χ1n) is 8.07. The van der Waals surface area contributed by atoms with E-state index in [9.17, 15) is 5.11 Å². The van der Waals surface area contributed by atoms with Crippen LogP contribution in [0, 0.1) is 17.8 Å². The lowest BCUT2D eigenvalue weighted by Gasteiger charge is -2.35. The maximum absolute atomic E-state index is 10.6. The summed E-state index contributed by atoms with van der Waals surface area (Å²) >= 11 is 0. The molecule has 0 heterocycles. The lowest BCUT2D eigenvalue weighted by atomic mass is 9.73. The maximum atomic E-state index is 10.6. The monoisotopic (exact) mass is 274 g/mol. The van der Waals surface area contributed by atoms with Gasteiger partial charge in [-0.3, -0.25) is 0 Å². The largest absolute Gasteiger partial charge is 0.388 e. The third kappa shape index (κ3) is 3.44. The van der Waals surface area contributed by atoms with Crippen LogP contribution < -0.4 is 0 Å². The fourth-order valence-corrected chi connectivity index (χ4v) is 3.33. The summed E-state index contributed by atoms with van der Waals surface area (Å²) < 4.78 is 0. The number of hydrogen-bond acceptors (Lipinski definition) is 1. The van der Waals surface area contributed by atoms with Crippen molar-refractivity contribution in [3.63, 3.8) is 0 Å². The molecule has 112 valence electrons. The molecule has 0 spiro atoms. The third-order valence-corrected chi connectivity index (χ3v) is 5.20. The predicted molar refractivity (Wildman–Crippen MR) is 85.8 cm³/mol. The van der Waals surface area contributed by atoms with Crippen LogP contribution in [0.25, 0.3) is 0 Å². The molecule has 4 atom stereocenters. The Morgan fingerprint density at radius 1 is 1.00 bits per heavy atom. The predicted octanol–water partition coefficient (Wildman–Crippen LogP) is 5.09. The Balaban J connectivity index is 2.08. The molecule has 20 heavy (non-hydrogen) atoms. The minimum atomic E-state index is -0.293. The summed E-state index contributed by atoms with van der Waals surface area (Å²) in [4.78, 5) is 0. The van der Waals surface area contributed by atoms with Gasteiger partial charge in [0.2, 0.25) is 0 Å². The molecule has 0 aromatic heterocycles. The Bertz CT molecular complexity index is 426. The zero-order chi connectivity index (χ0) is 14.9. The molecule has 0 bridgehead atoms. The molecule has 1 N–H and O–H groups in total. The first-order valence-corrected chi connectivity index (χ1v) is 8.07. The molecule has 1 fully saturated rings. The summed E-state index contributed by atoms with van der Waals surface area (Å²) in [6.07, 6.45) is 3.28. The van der Waals surface area contributed by atoms with E-state index in [1.165, 1.54) is 12.0 Å². The molecule has 4 unspecified atom stereocenters. The van der Waals surface area contributed by atoms with Gasteiger partial charge in [0.05, 0.1) is 6.10 Å². The van der Waals surface area contributed by atoms with Gasteiger partial charge in [-0.15, -0.1) is 0 Å². The summed E-state index contributed by atoms with van der Waals surface area (Å²) in [6, 6.07) is 8.59. The molecule has 2 rings (SSSR count). The van der Waals surface area contributed by atoms with Crippen LogP contribution in [0.1, 0.15) is 71.1 Å². The van der Waals surface area contributed by atoms with Crippen molar-refractivity contribution >= 4 is 0 Å². The first-order chi connectivity index (χ1) is 9.29. The summed E-state index contributed by atoms with van der Waals surface area (Å²) in [5, 5.41) is 10.6. The van der Waals surface area contributed by atoms with Crippen molar-refractivity contribution in [1.29, 1.82) is 0 Å². The molecular weight excluding hydrogens is 244 g/mol. The molecule has 0 amide bonds. The zero-order valence-corrected chi connectivity index (χ0v) is 13.7. The highest BCUT2D eigenvalue weighted by Crippen LogP contribution is 2.40. The van der Waals surface area contributed by atoms with E-state index in [4.69, 9.17) is 0 Å². The lowest BCUT2D eigenvalue weighted by Crippen LogP contribution is -2.25. The van der Waals surface area contributed by atoms with E-state index in [0.29, 0.717) is 5.92 Å². The van der Waals surface area contributed by atoms with Crippen molar-refractivity contribution in [3.8, 4) is 0 Å². The summed E-state index contributed by atoms with van der Waals surface area (Å²) in [5.74, 6) is 1.97. The normalized spacial score (nSPS) is 29.2. The second kappa shape index (κ2) is 5.89. The lowest BCUT2D eigenvalue weighted by molar-refractivity contribution is 0.0561. The number of rotatable bonds is 2. The van der Waals surface area contributed by atoms with Crippen LogP contribution in [-0.4, -0.2) is 5.11 Å². The highest BCUT2D eigenvalue weighted by molar-refractivity contribution is 5.29. The van der Waals surface area contributed by atoms with Gasteiger partial charge in [-0.1, -0.05) is 65.3 Å². The molecule has 0 saturated heterocycles. The fourth-order valence-electron chi connectivity index (χ4n) is 3.33. The molecule has 1 saturated carbocycles. The van der Waals surface area contributed by atoms with Crippen LogP contribution in [-0.2, 0) is 5.41 Å². The van der Waals surface area contributed by atoms with Crippen molar-refractivity contribution in [1.82, 2.24) is 0 Å². The van der Waals surface area contributed by atoms with Crippen LogP contribution in [0.3, 0.4) is 0 Å². The average molecular weight is 274 g/mol. The highest BCUT2D eigenvalue weighted by Gasteiger charge is 2.30. The van der Waals surface area contributed by atoms with Crippen LogP contribution in [0.5, 0.6) is 0 Å². The Morgan fingerprint density at radius 2 is 1.60 bits per heavy atom. The van der Waals surface area contributed by atoms with Gasteiger partial charge in [-0.25, -0.2) is 0 Å². The van der Waals surface area contributed by atoms with E-state index in [1.54, 1.807) is 0 Å². The molecule has 1 heteroatoms. The van der Waals surface area contributed by atoms with Gasteiger partial charge in [0.25, 0.3) is 0 Å². The summed E-state index contributed by atoms with van der Waals surface area (Å²) in [7, 11) is 0. The minimum absolute atomic E-state index is 0.179. The van der Waals surface area contributed by atoms with Crippen LogP contribution >= 0.6 is 0 Å². The minimum Gasteiger partial charge on any atom is -0.388 e. The Hall–Kier alpha value is -0.820. The molecule has 1 aromatic carbocycles. The van der Waals surface area contributed by atoms with Gasteiger partial charge in [-0.2, -0.15) is 0 Å². The van der Waals surface area contributed by atoms with Gasteiger partial charge in [0.15, 0.2) is 0 Å². The quantitative estimate of drug-likeness (QED) is 0.796. The van der Waals surface area contributed by atoms with E-state index in [1.807, 2.05) is 0 Å². The molecule has 1 aromatic rings. The standard InChI is InChI=1S/C19H30O/c1-13-6-7-16(12-14(13)2)18(20)15-8-10-17(11-9-15)19(3,4)5/h8-11,13-14,16,18,20H,6-7,12H2,1-5H3. The van der Waals surface area contributed by atoms with Crippen LogP contribution in [0.15, 0.2) is 24.3 Å². The van der Waals surface area contributed by atoms with Gasteiger partial charge >= 0.3 is 0 Å². The van der Waals surface area contributed by atoms with Crippen LogP contribution in [0.2, 0.25) is 0 Å². The molecule has 0 aliphatic heterocycles. The smallest absolute Gasteiger partial charge is 0.0818 e. The van der Waals surface area contributed by atoms with Crippen molar-refractivity contribution < 1.29 is 5.11 Å². The molecule has 1 aliphatic rings. The van der Waals surface area contributed by atoms with E-state index < -0.39 is 0 Å². The highest BCUT2D eigenvalue weighted by atomic mass is 16.3. The zero-order valence-electron chi connectivity index (χ0n) is 13.7. The van der Waals surface area contributed by atoms with E-state index in [2.05, 4.69) is 58.9 Å². The van der Waals surface area contributed by atoms with E-state index >= 15 is 0 Å². The van der Waals surface area contributed by atoms with Crippen molar-refractivity contribution in [2.24, 2.45) is 17.8 Å². The SMILES string of the molecule is CC1CCC(C(O)c2ccc(C(C)(C)C)cc2)CC1C. The van der Waals surface area contributed by atoms with Crippen molar-refractivity contribution in [2.75, 3.05) is 0 Å². The van der Waals surface area contributed by atoms with Crippen molar-refractivity contribution in [2.45, 2.75) is 65.4 Å². The Morgan fingerprint density at radius 3 is 2.10 bits per heavy atom. The summed E-state index contributed by atoms with van der Waals surface area (Å²) in [6.45, 7) is 11.3. The number of aliphatic hydroxyl groups excluding tert-OH is 1. The number of aliphatic hydroxyl groups is 1. The van der Waals surface area contributed by atoms with E-state index in [0.717, 1.165) is 30.2 Å². The third-order valence-electron chi connectivity index (χ3n) is 5.20. The molecular formula is C19H30O. The molecule has 0 radical (unpaired) electrons. The van der Waals surface area contributed by atoms with Gasteiger partial charge in [0.1, 0.15) is 0 Å².